The van der Waals surface area contributed by atoms with Gasteiger partial charge in [0, 0.05) is 35.1 Å². The number of nitrogens with zero attached hydrogens (tertiary/aromatic N) is 2. The van der Waals surface area contributed by atoms with Gasteiger partial charge < -0.3 is 10.1 Å². The zero-order valence-corrected chi connectivity index (χ0v) is 14.7. The van der Waals surface area contributed by atoms with Gasteiger partial charge in [0.25, 0.3) is 0 Å². The maximum atomic E-state index is 13.3. The number of urea groups is 1. The first-order valence-electron chi connectivity index (χ1n) is 7.55. The van der Waals surface area contributed by atoms with Crippen molar-refractivity contribution in [3.63, 3.8) is 0 Å². The molecule has 2 heterocycles. The topological polar surface area (TPSA) is 76.1 Å². The van der Waals surface area contributed by atoms with E-state index in [9.17, 15) is 18.0 Å². The van der Waals surface area contributed by atoms with Crippen LogP contribution in [0, 0.1) is 0 Å². The van der Waals surface area contributed by atoms with Crippen LogP contribution in [-0.2, 0) is 6.18 Å². The van der Waals surface area contributed by atoms with Gasteiger partial charge in [-0.2, -0.15) is 13.2 Å². The lowest BCUT2D eigenvalue weighted by molar-refractivity contribution is -0.137. The van der Waals surface area contributed by atoms with Crippen LogP contribution in [0.1, 0.15) is 5.56 Å². The Labute approximate surface area is 156 Å². The van der Waals surface area contributed by atoms with Gasteiger partial charge >= 0.3 is 12.2 Å². The predicted molar refractivity (Wildman–Crippen MR) is 96.0 cm³/mol. The molecule has 0 bridgehead atoms. The first kappa shape index (κ1) is 18.6. The Balaban J connectivity index is 1.91. The number of methoxy groups -OCH3 is 1. The fourth-order valence-corrected chi connectivity index (χ4v) is 2.77. The molecule has 3 aromatic rings. The van der Waals surface area contributed by atoms with Crippen molar-refractivity contribution in [2.24, 2.45) is 0 Å². The SMILES string of the molecule is COc1ccc(-c2cc(NC(=O)Nc3nccs3)cc(C(F)(F)F)c2)cn1. The molecule has 2 amide bonds. The van der Waals surface area contributed by atoms with Crippen LogP contribution >= 0.6 is 11.3 Å². The minimum Gasteiger partial charge on any atom is -0.481 e. The summed E-state index contributed by atoms with van der Waals surface area (Å²) in [6.45, 7) is 0. The summed E-state index contributed by atoms with van der Waals surface area (Å²) < 4.78 is 44.7. The molecule has 0 fully saturated rings. The number of alkyl halides is 3. The van der Waals surface area contributed by atoms with Crippen molar-refractivity contribution in [3.8, 4) is 17.0 Å². The molecule has 0 aliphatic carbocycles. The number of carbonyl (C=O) groups is 1. The lowest BCUT2D eigenvalue weighted by atomic mass is 10.0. The van der Waals surface area contributed by atoms with E-state index in [1.54, 1.807) is 11.4 Å². The molecule has 0 saturated heterocycles. The van der Waals surface area contributed by atoms with Gasteiger partial charge in [0.15, 0.2) is 5.13 Å². The molecule has 140 valence electrons. The lowest BCUT2D eigenvalue weighted by Crippen LogP contribution is -2.19. The van der Waals surface area contributed by atoms with Crippen LogP contribution in [0.25, 0.3) is 11.1 Å². The van der Waals surface area contributed by atoms with Crippen LogP contribution in [0.3, 0.4) is 0 Å². The summed E-state index contributed by atoms with van der Waals surface area (Å²) in [4.78, 5) is 19.9. The van der Waals surface area contributed by atoms with Crippen molar-refractivity contribution in [2.75, 3.05) is 17.7 Å². The summed E-state index contributed by atoms with van der Waals surface area (Å²) in [6, 6.07) is 5.72. The lowest BCUT2D eigenvalue weighted by Gasteiger charge is -2.13. The number of ether oxygens (including phenoxy) is 1. The molecule has 1 aromatic carbocycles. The third kappa shape index (κ3) is 4.73. The fraction of sp³-hybridized carbons (Fsp3) is 0.118. The Morgan fingerprint density at radius 1 is 1.11 bits per heavy atom. The number of nitrogens with one attached hydrogen (secondary N) is 2. The van der Waals surface area contributed by atoms with Crippen LogP contribution in [0.2, 0.25) is 0 Å². The van der Waals surface area contributed by atoms with Crippen LogP contribution in [0.5, 0.6) is 5.88 Å². The highest BCUT2D eigenvalue weighted by Crippen LogP contribution is 2.35. The molecule has 0 aliphatic heterocycles. The highest BCUT2D eigenvalue weighted by molar-refractivity contribution is 7.13. The van der Waals surface area contributed by atoms with E-state index in [2.05, 4.69) is 20.6 Å². The number of carbonyl (C=O) groups excluding carboxylic acids is 1. The molecule has 0 spiro atoms. The molecule has 6 nitrogen and oxygen atoms in total. The molecule has 0 aliphatic rings. The monoisotopic (exact) mass is 394 g/mol. The number of benzene rings is 1. The van der Waals surface area contributed by atoms with Gasteiger partial charge in [0.05, 0.1) is 12.7 Å². The zero-order chi connectivity index (χ0) is 19.4. The minimum atomic E-state index is -4.57. The third-order valence-electron chi connectivity index (χ3n) is 3.45. The summed E-state index contributed by atoms with van der Waals surface area (Å²) in [5.41, 5.74) is -0.195. The van der Waals surface area contributed by atoms with E-state index in [1.165, 1.54) is 43.0 Å². The summed E-state index contributed by atoms with van der Waals surface area (Å²) in [5, 5.41) is 6.84. The summed E-state index contributed by atoms with van der Waals surface area (Å²) in [5.74, 6) is 0.340. The second-order valence-corrected chi connectivity index (χ2v) is 6.20. The molecule has 10 heteroatoms. The smallest absolute Gasteiger partial charge is 0.416 e. The summed E-state index contributed by atoms with van der Waals surface area (Å²) >= 11 is 1.19. The molecule has 3 rings (SSSR count). The number of amides is 2. The van der Waals surface area contributed by atoms with Crippen molar-refractivity contribution in [1.29, 1.82) is 0 Å². The van der Waals surface area contributed by atoms with Crippen molar-refractivity contribution >= 4 is 28.2 Å². The van der Waals surface area contributed by atoms with E-state index < -0.39 is 17.8 Å². The van der Waals surface area contributed by atoms with Gasteiger partial charge in [-0.15, -0.1) is 11.3 Å². The Kier molecular flexibility index (Phi) is 5.26. The maximum absolute atomic E-state index is 13.3. The van der Waals surface area contributed by atoms with E-state index in [-0.39, 0.29) is 11.3 Å². The van der Waals surface area contributed by atoms with Crippen LogP contribution in [-0.4, -0.2) is 23.1 Å². The average molecular weight is 394 g/mol. The highest BCUT2D eigenvalue weighted by atomic mass is 32.1. The van der Waals surface area contributed by atoms with Gasteiger partial charge in [-0.1, -0.05) is 0 Å². The Hall–Kier alpha value is -3.14. The van der Waals surface area contributed by atoms with Gasteiger partial charge in [-0.05, 0) is 29.8 Å². The molecule has 0 atom stereocenters. The van der Waals surface area contributed by atoms with Crippen molar-refractivity contribution in [2.45, 2.75) is 6.18 Å². The normalized spacial score (nSPS) is 11.1. The number of aromatic nitrogens is 2. The van der Waals surface area contributed by atoms with Crippen molar-refractivity contribution < 1.29 is 22.7 Å². The Morgan fingerprint density at radius 2 is 1.93 bits per heavy atom. The number of halogens is 3. The van der Waals surface area contributed by atoms with E-state index >= 15 is 0 Å². The summed E-state index contributed by atoms with van der Waals surface area (Å²) in [6.07, 6.45) is -1.68. The van der Waals surface area contributed by atoms with E-state index in [0.717, 1.165) is 12.1 Å². The first-order chi connectivity index (χ1) is 12.8. The molecule has 0 saturated carbocycles. The second-order valence-electron chi connectivity index (χ2n) is 5.30. The quantitative estimate of drug-likeness (QED) is 0.662. The Bertz CT molecular complexity index is 928. The van der Waals surface area contributed by atoms with E-state index in [4.69, 9.17) is 4.74 Å². The number of pyridine rings is 1. The van der Waals surface area contributed by atoms with Crippen LogP contribution in [0.4, 0.5) is 28.8 Å². The minimum absolute atomic E-state index is 0.00954. The number of thiazole rings is 1. The average Bonchev–Trinajstić information content (AvgIpc) is 3.13. The van der Waals surface area contributed by atoms with Crippen molar-refractivity contribution in [3.05, 3.63) is 53.7 Å². The third-order valence-corrected chi connectivity index (χ3v) is 4.14. The number of anilines is 2. The first-order valence-corrected chi connectivity index (χ1v) is 8.43. The fourth-order valence-electron chi connectivity index (χ4n) is 2.25. The van der Waals surface area contributed by atoms with Gasteiger partial charge in [-0.3, -0.25) is 5.32 Å². The standard InChI is InChI=1S/C17H13F3N4O2S/c1-26-14-3-2-10(9-22-14)11-6-12(17(18,19)20)8-13(7-11)23-15(25)24-16-21-4-5-27-16/h2-9H,1H3,(H2,21,23,24,25). The molecule has 2 N–H and O–H groups in total. The molecular weight excluding hydrogens is 381 g/mol. The van der Waals surface area contributed by atoms with Gasteiger partial charge in [0.2, 0.25) is 5.88 Å². The van der Waals surface area contributed by atoms with Crippen LogP contribution in [0.15, 0.2) is 48.1 Å². The molecule has 2 aromatic heterocycles. The van der Waals surface area contributed by atoms with E-state index in [1.807, 2.05) is 0 Å². The van der Waals surface area contributed by atoms with Crippen molar-refractivity contribution in [1.82, 2.24) is 9.97 Å². The Morgan fingerprint density at radius 3 is 2.52 bits per heavy atom. The molecular formula is C17H13F3N4O2S. The highest BCUT2D eigenvalue weighted by Gasteiger charge is 2.31. The number of hydrogen-bond donors (Lipinski definition) is 2. The second kappa shape index (κ2) is 7.62. The van der Waals surface area contributed by atoms with Gasteiger partial charge in [-0.25, -0.2) is 14.8 Å². The number of hydrogen-bond acceptors (Lipinski definition) is 5. The molecule has 0 radical (unpaired) electrons. The molecule has 0 unspecified atom stereocenters. The maximum Gasteiger partial charge on any atom is 0.416 e. The molecule has 27 heavy (non-hydrogen) atoms. The summed E-state index contributed by atoms with van der Waals surface area (Å²) in [7, 11) is 1.44. The van der Waals surface area contributed by atoms with Crippen LogP contribution < -0.4 is 15.4 Å². The zero-order valence-electron chi connectivity index (χ0n) is 13.9. The number of rotatable bonds is 4. The predicted octanol–water partition coefficient (Wildman–Crippen LogP) is 4.88. The largest absolute Gasteiger partial charge is 0.481 e. The van der Waals surface area contributed by atoms with E-state index in [0.29, 0.717) is 16.6 Å². The van der Waals surface area contributed by atoms with Gasteiger partial charge in [0.1, 0.15) is 0 Å².